The van der Waals surface area contributed by atoms with E-state index in [1.807, 2.05) is 48.5 Å². The third kappa shape index (κ3) is 3.02. The fourth-order valence-corrected chi connectivity index (χ4v) is 3.39. The normalized spacial score (nSPS) is 11.0. The van der Waals surface area contributed by atoms with Gasteiger partial charge in [-0.1, -0.05) is 58.0 Å². The molecule has 0 aliphatic heterocycles. The number of nitrogens with zero attached hydrogens (tertiary/aromatic N) is 2. The summed E-state index contributed by atoms with van der Waals surface area (Å²) in [6, 6.07) is 20.2. The van der Waals surface area contributed by atoms with Crippen molar-refractivity contribution in [3.05, 3.63) is 71.5 Å². The predicted molar refractivity (Wildman–Crippen MR) is 95.5 cm³/mol. The minimum Gasteiger partial charge on any atom is -0.438 e. The minimum atomic E-state index is 0.610. The number of hydrogen-bond acceptors (Lipinski definition) is 4. The summed E-state index contributed by atoms with van der Waals surface area (Å²) in [5, 5.41) is 1.82. The predicted octanol–water partition coefficient (Wildman–Crippen LogP) is 5.80. The maximum absolute atomic E-state index is 5.88. The van der Waals surface area contributed by atoms with Crippen LogP contribution in [0.5, 0.6) is 0 Å². The van der Waals surface area contributed by atoms with Gasteiger partial charge in [-0.3, -0.25) is 0 Å². The van der Waals surface area contributed by atoms with Gasteiger partial charge in [0.2, 0.25) is 5.71 Å². The molecule has 112 valence electrons. The monoisotopic (exact) mass is 382 g/mol. The number of rotatable bonds is 3. The minimum absolute atomic E-state index is 0.610. The number of hydrogen-bond donors (Lipinski definition) is 0. The molecular formula is C18H11BrN2OS. The van der Waals surface area contributed by atoms with Gasteiger partial charge >= 0.3 is 0 Å². The molecule has 2 aromatic heterocycles. The number of benzene rings is 2. The number of fused-ring (bicyclic) bond motifs is 1. The van der Waals surface area contributed by atoms with E-state index in [0.717, 1.165) is 31.1 Å². The lowest BCUT2D eigenvalue weighted by molar-refractivity contribution is 0.616. The Morgan fingerprint density at radius 3 is 2.48 bits per heavy atom. The van der Waals surface area contributed by atoms with Crippen LogP contribution < -0.4 is 0 Å². The topological polar surface area (TPSA) is 38.9 Å². The van der Waals surface area contributed by atoms with Gasteiger partial charge in [0.05, 0.1) is 5.39 Å². The zero-order chi connectivity index (χ0) is 15.6. The van der Waals surface area contributed by atoms with Crippen LogP contribution in [0.25, 0.3) is 22.4 Å². The molecule has 23 heavy (non-hydrogen) atoms. The van der Waals surface area contributed by atoms with Crippen molar-refractivity contribution in [2.75, 3.05) is 0 Å². The number of halogens is 1. The fraction of sp³-hybridized carbons (Fsp3) is 0. The highest BCUT2D eigenvalue weighted by Gasteiger charge is 2.12. The zero-order valence-corrected chi connectivity index (χ0v) is 14.3. The van der Waals surface area contributed by atoms with E-state index in [2.05, 4.69) is 38.0 Å². The summed E-state index contributed by atoms with van der Waals surface area (Å²) in [5.74, 6) is 0.804. The van der Waals surface area contributed by atoms with Crippen LogP contribution in [0.2, 0.25) is 0 Å². The molecular weight excluding hydrogens is 372 g/mol. The van der Waals surface area contributed by atoms with Crippen LogP contribution in [-0.4, -0.2) is 9.97 Å². The molecule has 0 N–H and O–H groups in total. The number of furan rings is 1. The van der Waals surface area contributed by atoms with Crippen molar-refractivity contribution in [2.45, 2.75) is 9.92 Å². The van der Waals surface area contributed by atoms with Crippen LogP contribution in [0.1, 0.15) is 0 Å². The number of aromatic nitrogens is 2. The van der Waals surface area contributed by atoms with E-state index >= 15 is 0 Å². The van der Waals surface area contributed by atoms with Crippen LogP contribution >= 0.6 is 27.7 Å². The molecule has 0 fully saturated rings. The second-order valence-electron chi connectivity index (χ2n) is 4.93. The Morgan fingerprint density at radius 1 is 0.913 bits per heavy atom. The molecule has 0 radical (unpaired) electrons. The van der Waals surface area contributed by atoms with E-state index in [1.54, 1.807) is 18.1 Å². The molecule has 3 nitrogen and oxygen atoms in total. The van der Waals surface area contributed by atoms with Crippen LogP contribution in [0.4, 0.5) is 0 Å². The molecule has 0 aliphatic rings. The molecule has 4 rings (SSSR count). The summed E-state index contributed by atoms with van der Waals surface area (Å²) < 4.78 is 6.94. The van der Waals surface area contributed by atoms with Gasteiger partial charge in [-0.25, -0.2) is 9.97 Å². The van der Waals surface area contributed by atoms with Gasteiger partial charge in [0.1, 0.15) is 17.1 Å². The van der Waals surface area contributed by atoms with Gasteiger partial charge in [-0.15, -0.1) is 0 Å². The highest BCUT2D eigenvalue weighted by Crippen LogP contribution is 2.35. The average molecular weight is 383 g/mol. The second kappa shape index (κ2) is 6.18. The fourth-order valence-electron chi connectivity index (χ4n) is 2.27. The molecule has 2 aromatic carbocycles. The van der Waals surface area contributed by atoms with Gasteiger partial charge < -0.3 is 4.42 Å². The Balaban J connectivity index is 1.75. The van der Waals surface area contributed by atoms with Gasteiger partial charge in [-0.05, 0) is 30.3 Å². The van der Waals surface area contributed by atoms with E-state index in [-0.39, 0.29) is 0 Å². The molecule has 0 aliphatic carbocycles. The largest absolute Gasteiger partial charge is 0.438 e. The van der Waals surface area contributed by atoms with Crippen LogP contribution in [0, 0.1) is 0 Å². The van der Waals surface area contributed by atoms with Gasteiger partial charge in [0.15, 0.2) is 0 Å². The molecule has 0 saturated carbocycles. The lowest BCUT2D eigenvalue weighted by Gasteiger charge is -2.01. The van der Waals surface area contributed by atoms with Crippen molar-refractivity contribution in [1.82, 2.24) is 9.97 Å². The molecule has 5 heteroatoms. The van der Waals surface area contributed by atoms with E-state index < -0.39 is 0 Å². The van der Waals surface area contributed by atoms with E-state index in [1.165, 1.54) is 0 Å². The van der Waals surface area contributed by atoms with Crippen molar-refractivity contribution < 1.29 is 4.42 Å². The summed E-state index contributed by atoms with van der Waals surface area (Å²) in [5.41, 5.74) is 1.64. The zero-order valence-electron chi connectivity index (χ0n) is 11.9. The third-order valence-corrected chi connectivity index (χ3v) is 4.93. The molecule has 0 spiro atoms. The quantitative estimate of drug-likeness (QED) is 0.419. The van der Waals surface area contributed by atoms with Crippen LogP contribution in [0.3, 0.4) is 0 Å². The average Bonchev–Trinajstić information content (AvgIpc) is 3.03. The maximum Gasteiger partial charge on any atom is 0.230 e. The van der Waals surface area contributed by atoms with E-state index in [4.69, 9.17) is 4.42 Å². The van der Waals surface area contributed by atoms with E-state index in [0.29, 0.717) is 5.71 Å². The highest BCUT2D eigenvalue weighted by molar-refractivity contribution is 9.10. The maximum atomic E-state index is 5.88. The first-order valence-electron chi connectivity index (χ1n) is 7.03. The standard InChI is InChI=1S/C18H11BrN2OS/c19-13-6-8-14(9-7-13)23-18-15-10-16(12-4-2-1-3-5-12)22-17(15)20-11-21-18/h1-11H. The molecule has 2 heterocycles. The Hall–Kier alpha value is -2.11. The lowest BCUT2D eigenvalue weighted by atomic mass is 10.2. The van der Waals surface area contributed by atoms with Crippen molar-refractivity contribution in [3.8, 4) is 11.3 Å². The van der Waals surface area contributed by atoms with Gasteiger partial charge in [0.25, 0.3) is 0 Å². The summed E-state index contributed by atoms with van der Waals surface area (Å²) in [6.45, 7) is 0. The lowest BCUT2D eigenvalue weighted by Crippen LogP contribution is -1.83. The first kappa shape index (κ1) is 14.5. The Morgan fingerprint density at radius 2 is 1.70 bits per heavy atom. The first-order chi connectivity index (χ1) is 11.3. The molecule has 4 aromatic rings. The summed E-state index contributed by atoms with van der Waals surface area (Å²) in [6.07, 6.45) is 1.54. The first-order valence-corrected chi connectivity index (χ1v) is 8.64. The van der Waals surface area contributed by atoms with Crippen molar-refractivity contribution >= 4 is 38.8 Å². The highest BCUT2D eigenvalue weighted by atomic mass is 79.9. The molecule has 0 saturated heterocycles. The van der Waals surface area contributed by atoms with Gasteiger partial charge in [-0.2, -0.15) is 0 Å². The molecule has 0 unspecified atom stereocenters. The van der Waals surface area contributed by atoms with Crippen molar-refractivity contribution in [1.29, 1.82) is 0 Å². The molecule has 0 amide bonds. The van der Waals surface area contributed by atoms with Crippen molar-refractivity contribution in [3.63, 3.8) is 0 Å². The smallest absolute Gasteiger partial charge is 0.230 e. The summed E-state index contributed by atoms with van der Waals surface area (Å²) in [4.78, 5) is 9.78. The summed E-state index contributed by atoms with van der Waals surface area (Å²) in [7, 11) is 0. The van der Waals surface area contributed by atoms with Crippen LogP contribution in [-0.2, 0) is 0 Å². The summed E-state index contributed by atoms with van der Waals surface area (Å²) >= 11 is 5.05. The molecule has 0 atom stereocenters. The second-order valence-corrected chi connectivity index (χ2v) is 6.91. The Bertz CT molecular complexity index is 952. The SMILES string of the molecule is Brc1ccc(Sc2ncnc3oc(-c4ccccc4)cc23)cc1. The van der Waals surface area contributed by atoms with Crippen molar-refractivity contribution in [2.24, 2.45) is 0 Å². The third-order valence-electron chi connectivity index (χ3n) is 3.38. The Labute approximate surface area is 145 Å². The van der Waals surface area contributed by atoms with E-state index in [9.17, 15) is 0 Å². The van der Waals surface area contributed by atoms with Gasteiger partial charge in [0, 0.05) is 14.9 Å². The van der Waals surface area contributed by atoms with Crippen LogP contribution in [0.15, 0.2) is 85.8 Å². The molecule has 0 bridgehead atoms. The Kier molecular flexibility index (Phi) is 3.89.